The average Bonchev–Trinajstić information content (AvgIpc) is 2.15. The van der Waals surface area contributed by atoms with Crippen LogP contribution in [-0.4, -0.2) is 25.0 Å². The number of amides is 1. The summed E-state index contributed by atoms with van der Waals surface area (Å²) in [6.45, 7) is 6.03. The molecule has 0 radical (unpaired) electrons. The van der Waals surface area contributed by atoms with Gasteiger partial charge < -0.3 is 10.6 Å². The highest BCUT2D eigenvalue weighted by atomic mass is 16.1. The molecule has 2 N–H and O–H groups in total. The Morgan fingerprint density at radius 3 is 3.00 bits per heavy atom. The maximum atomic E-state index is 11.6. The molecule has 13 heavy (non-hydrogen) atoms. The van der Waals surface area contributed by atoms with Gasteiger partial charge in [-0.15, -0.1) is 0 Å². The van der Waals surface area contributed by atoms with E-state index in [9.17, 15) is 4.79 Å². The van der Waals surface area contributed by atoms with Crippen molar-refractivity contribution in [2.45, 2.75) is 39.2 Å². The molecule has 1 aliphatic rings. The highest BCUT2D eigenvalue weighted by molar-refractivity contribution is 5.79. The van der Waals surface area contributed by atoms with Crippen LogP contribution in [0, 0.1) is 5.92 Å². The Morgan fingerprint density at radius 2 is 2.38 bits per heavy atom. The molecule has 2 atom stereocenters. The first kappa shape index (κ1) is 10.5. The first-order valence-electron chi connectivity index (χ1n) is 5.26. The van der Waals surface area contributed by atoms with Crippen molar-refractivity contribution in [1.29, 1.82) is 0 Å². The number of hydrogen-bond donors (Lipinski definition) is 2. The van der Waals surface area contributed by atoms with Crippen molar-refractivity contribution >= 4 is 5.91 Å². The van der Waals surface area contributed by atoms with Crippen LogP contribution in [0.15, 0.2) is 0 Å². The fraction of sp³-hybridized carbons (Fsp3) is 0.900. The summed E-state index contributed by atoms with van der Waals surface area (Å²) in [5.41, 5.74) is 0. The van der Waals surface area contributed by atoms with Crippen molar-refractivity contribution in [3.8, 4) is 0 Å². The molecular formula is C10H20N2O. The molecule has 1 saturated heterocycles. The van der Waals surface area contributed by atoms with Gasteiger partial charge in [0.2, 0.25) is 5.91 Å². The van der Waals surface area contributed by atoms with Crippen LogP contribution in [0.4, 0.5) is 0 Å². The van der Waals surface area contributed by atoms with E-state index in [1.165, 1.54) is 0 Å². The van der Waals surface area contributed by atoms with E-state index in [-0.39, 0.29) is 11.8 Å². The van der Waals surface area contributed by atoms with Crippen molar-refractivity contribution in [1.82, 2.24) is 10.6 Å². The summed E-state index contributed by atoms with van der Waals surface area (Å²) in [6, 6.07) is 0.339. The molecule has 1 heterocycles. The SMILES string of the molecule is CCCNC(=O)[C@@H]1CCCN[C@@H]1C. The molecule has 0 aromatic heterocycles. The van der Waals surface area contributed by atoms with Gasteiger partial charge in [0, 0.05) is 12.6 Å². The Morgan fingerprint density at radius 1 is 1.62 bits per heavy atom. The van der Waals surface area contributed by atoms with Crippen molar-refractivity contribution in [2.75, 3.05) is 13.1 Å². The zero-order valence-corrected chi connectivity index (χ0v) is 8.60. The molecule has 1 fully saturated rings. The Kier molecular flexibility index (Phi) is 4.22. The van der Waals surface area contributed by atoms with E-state index in [1.807, 2.05) is 0 Å². The lowest BCUT2D eigenvalue weighted by Crippen LogP contribution is -2.46. The van der Waals surface area contributed by atoms with Crippen LogP contribution in [0.5, 0.6) is 0 Å². The second kappa shape index (κ2) is 5.22. The Hall–Kier alpha value is -0.570. The van der Waals surface area contributed by atoms with Crippen molar-refractivity contribution in [3.05, 3.63) is 0 Å². The van der Waals surface area contributed by atoms with Gasteiger partial charge in [-0.05, 0) is 32.7 Å². The van der Waals surface area contributed by atoms with Gasteiger partial charge in [0.1, 0.15) is 0 Å². The van der Waals surface area contributed by atoms with Crippen LogP contribution in [0.3, 0.4) is 0 Å². The van der Waals surface area contributed by atoms with E-state index in [1.54, 1.807) is 0 Å². The van der Waals surface area contributed by atoms with Crippen LogP contribution < -0.4 is 10.6 Å². The molecule has 76 valence electrons. The van der Waals surface area contributed by atoms with Crippen LogP contribution >= 0.6 is 0 Å². The van der Waals surface area contributed by atoms with Crippen LogP contribution in [0.25, 0.3) is 0 Å². The van der Waals surface area contributed by atoms with Gasteiger partial charge in [0.15, 0.2) is 0 Å². The number of piperidine rings is 1. The van der Waals surface area contributed by atoms with Crippen LogP contribution in [0.2, 0.25) is 0 Å². The van der Waals surface area contributed by atoms with Gasteiger partial charge in [-0.25, -0.2) is 0 Å². The Bertz CT molecular complexity index is 170. The quantitative estimate of drug-likeness (QED) is 0.684. The molecule has 1 aliphatic heterocycles. The molecule has 0 spiro atoms. The number of nitrogens with one attached hydrogen (secondary N) is 2. The third kappa shape index (κ3) is 2.99. The predicted octanol–water partition coefficient (Wildman–Crippen LogP) is 0.901. The van der Waals surface area contributed by atoms with Crippen LogP contribution in [0.1, 0.15) is 33.1 Å². The standard InChI is InChI=1S/C10H20N2O/c1-3-6-12-10(13)9-5-4-7-11-8(9)2/h8-9,11H,3-7H2,1-2H3,(H,12,13)/t8-,9-/m1/s1. The lowest BCUT2D eigenvalue weighted by Gasteiger charge is -2.28. The molecule has 0 unspecified atom stereocenters. The summed E-state index contributed by atoms with van der Waals surface area (Å²) in [4.78, 5) is 11.6. The van der Waals surface area contributed by atoms with Gasteiger partial charge in [-0.1, -0.05) is 6.92 Å². The predicted molar refractivity (Wildman–Crippen MR) is 53.5 cm³/mol. The van der Waals surface area contributed by atoms with Gasteiger partial charge in [0.25, 0.3) is 0 Å². The van der Waals surface area contributed by atoms with Crippen LogP contribution in [-0.2, 0) is 4.79 Å². The normalized spacial score (nSPS) is 28.5. The molecular weight excluding hydrogens is 164 g/mol. The number of carbonyl (C=O) groups excluding carboxylic acids is 1. The van der Waals surface area contributed by atoms with Crippen molar-refractivity contribution in [3.63, 3.8) is 0 Å². The second-order valence-electron chi connectivity index (χ2n) is 3.78. The maximum Gasteiger partial charge on any atom is 0.224 e. The molecule has 0 bridgehead atoms. The van der Waals surface area contributed by atoms with Crippen molar-refractivity contribution < 1.29 is 4.79 Å². The largest absolute Gasteiger partial charge is 0.356 e. The first-order chi connectivity index (χ1) is 6.25. The summed E-state index contributed by atoms with van der Waals surface area (Å²) in [6.07, 6.45) is 3.17. The zero-order valence-electron chi connectivity index (χ0n) is 8.60. The number of hydrogen-bond acceptors (Lipinski definition) is 2. The van der Waals surface area contributed by atoms with E-state index in [0.717, 1.165) is 32.4 Å². The smallest absolute Gasteiger partial charge is 0.224 e. The molecule has 3 nitrogen and oxygen atoms in total. The summed E-state index contributed by atoms with van der Waals surface area (Å²) < 4.78 is 0. The number of carbonyl (C=O) groups is 1. The second-order valence-corrected chi connectivity index (χ2v) is 3.78. The summed E-state index contributed by atoms with van der Waals surface area (Å²) in [5.74, 6) is 0.404. The van der Waals surface area contributed by atoms with E-state index >= 15 is 0 Å². The van der Waals surface area contributed by atoms with Gasteiger partial charge >= 0.3 is 0 Å². The van der Waals surface area contributed by atoms with Gasteiger partial charge in [-0.2, -0.15) is 0 Å². The molecule has 0 saturated carbocycles. The molecule has 1 rings (SSSR count). The topological polar surface area (TPSA) is 41.1 Å². The molecule has 0 aromatic rings. The third-order valence-electron chi connectivity index (χ3n) is 2.65. The summed E-state index contributed by atoms with van der Waals surface area (Å²) in [7, 11) is 0. The summed E-state index contributed by atoms with van der Waals surface area (Å²) >= 11 is 0. The monoisotopic (exact) mass is 184 g/mol. The lowest BCUT2D eigenvalue weighted by molar-refractivity contribution is -0.126. The molecule has 0 aromatic carbocycles. The van der Waals surface area contributed by atoms with Crippen molar-refractivity contribution in [2.24, 2.45) is 5.92 Å². The van der Waals surface area contributed by atoms with E-state index < -0.39 is 0 Å². The highest BCUT2D eigenvalue weighted by Gasteiger charge is 2.26. The minimum atomic E-state index is 0.181. The van der Waals surface area contributed by atoms with Gasteiger partial charge in [0.05, 0.1) is 5.92 Å². The fourth-order valence-electron chi connectivity index (χ4n) is 1.78. The number of rotatable bonds is 3. The minimum Gasteiger partial charge on any atom is -0.356 e. The average molecular weight is 184 g/mol. The Labute approximate surface area is 80.3 Å². The third-order valence-corrected chi connectivity index (χ3v) is 2.65. The van der Waals surface area contributed by atoms with E-state index in [2.05, 4.69) is 24.5 Å². The Balaban J connectivity index is 2.35. The molecule has 3 heteroatoms. The van der Waals surface area contributed by atoms with E-state index in [4.69, 9.17) is 0 Å². The first-order valence-corrected chi connectivity index (χ1v) is 5.26. The zero-order chi connectivity index (χ0) is 9.68. The fourth-order valence-corrected chi connectivity index (χ4v) is 1.78. The molecule has 1 amide bonds. The van der Waals surface area contributed by atoms with Gasteiger partial charge in [-0.3, -0.25) is 4.79 Å². The summed E-state index contributed by atoms with van der Waals surface area (Å²) in [5, 5.41) is 6.28. The minimum absolute atomic E-state index is 0.181. The lowest BCUT2D eigenvalue weighted by atomic mass is 9.91. The maximum absolute atomic E-state index is 11.6. The molecule has 0 aliphatic carbocycles. The van der Waals surface area contributed by atoms with E-state index in [0.29, 0.717) is 6.04 Å². The highest BCUT2D eigenvalue weighted by Crippen LogP contribution is 2.15.